The highest BCUT2D eigenvalue weighted by atomic mass is 19.4. The number of amides is 2. The average Bonchev–Trinajstić information content (AvgIpc) is 2.92. The molecular formula is C21H12F3NO3. The molecule has 0 N–H and O–H groups in total. The molecule has 0 atom stereocenters. The Bertz CT molecular complexity index is 1080. The standard InChI is InChI=1S/C21H12F3NO3/c22-21(23,24)17-8-4-5-9-18(17)25-19(26)15-11-10-14(12-16(15)20(25)27)28-13-6-2-1-3-7-13/h1-12H. The molecule has 7 heteroatoms. The van der Waals surface area contributed by atoms with Crippen LogP contribution < -0.4 is 9.64 Å². The number of carbonyl (C=O) groups is 2. The molecule has 1 aliphatic rings. The monoisotopic (exact) mass is 383 g/mol. The lowest BCUT2D eigenvalue weighted by molar-refractivity contribution is -0.137. The Morgan fingerprint density at radius 2 is 1.36 bits per heavy atom. The van der Waals surface area contributed by atoms with Crippen LogP contribution in [0.3, 0.4) is 0 Å². The van der Waals surface area contributed by atoms with E-state index in [1.807, 2.05) is 6.07 Å². The SMILES string of the molecule is O=C1c2ccc(Oc3ccccc3)cc2C(=O)N1c1ccccc1C(F)(F)F. The zero-order valence-electron chi connectivity index (χ0n) is 14.2. The first kappa shape index (κ1) is 17.8. The largest absolute Gasteiger partial charge is 0.457 e. The maximum Gasteiger partial charge on any atom is 0.418 e. The first-order valence-electron chi connectivity index (χ1n) is 8.28. The summed E-state index contributed by atoms with van der Waals surface area (Å²) >= 11 is 0. The van der Waals surface area contributed by atoms with Crippen LogP contribution in [-0.4, -0.2) is 11.8 Å². The molecule has 28 heavy (non-hydrogen) atoms. The highest BCUT2D eigenvalue weighted by Crippen LogP contribution is 2.40. The van der Waals surface area contributed by atoms with Crippen LogP contribution in [0.2, 0.25) is 0 Å². The van der Waals surface area contributed by atoms with Crippen molar-refractivity contribution in [3.05, 3.63) is 89.5 Å². The summed E-state index contributed by atoms with van der Waals surface area (Å²) in [6.07, 6.45) is -4.70. The van der Waals surface area contributed by atoms with Crippen LogP contribution in [0.4, 0.5) is 18.9 Å². The first-order valence-corrected chi connectivity index (χ1v) is 8.28. The lowest BCUT2D eigenvalue weighted by Crippen LogP contribution is -2.31. The van der Waals surface area contributed by atoms with E-state index in [2.05, 4.69) is 0 Å². The average molecular weight is 383 g/mol. The van der Waals surface area contributed by atoms with Gasteiger partial charge in [-0.1, -0.05) is 30.3 Å². The quantitative estimate of drug-likeness (QED) is 0.577. The minimum absolute atomic E-state index is 0.00425. The molecule has 0 aromatic heterocycles. The second-order valence-electron chi connectivity index (χ2n) is 6.08. The van der Waals surface area contributed by atoms with Crippen molar-refractivity contribution < 1.29 is 27.5 Å². The minimum Gasteiger partial charge on any atom is -0.457 e. The summed E-state index contributed by atoms with van der Waals surface area (Å²) < 4.78 is 45.6. The van der Waals surface area contributed by atoms with Crippen molar-refractivity contribution >= 4 is 17.5 Å². The number of alkyl halides is 3. The smallest absolute Gasteiger partial charge is 0.418 e. The molecule has 2 amide bonds. The van der Waals surface area contributed by atoms with Crippen molar-refractivity contribution in [3.8, 4) is 11.5 Å². The van der Waals surface area contributed by atoms with Gasteiger partial charge in [-0.2, -0.15) is 13.2 Å². The Labute approximate surface area is 157 Å². The molecule has 0 spiro atoms. The van der Waals surface area contributed by atoms with E-state index in [1.54, 1.807) is 24.3 Å². The molecule has 0 saturated carbocycles. The highest BCUT2D eigenvalue weighted by molar-refractivity contribution is 6.34. The number of para-hydroxylation sites is 2. The summed E-state index contributed by atoms with van der Waals surface area (Å²) in [5, 5.41) is 0. The van der Waals surface area contributed by atoms with Gasteiger partial charge in [-0.05, 0) is 42.5 Å². The third kappa shape index (κ3) is 3.00. The second-order valence-corrected chi connectivity index (χ2v) is 6.08. The van der Waals surface area contributed by atoms with E-state index in [9.17, 15) is 22.8 Å². The van der Waals surface area contributed by atoms with Crippen LogP contribution in [0.5, 0.6) is 11.5 Å². The number of ether oxygens (including phenoxy) is 1. The molecule has 1 heterocycles. The normalized spacial score (nSPS) is 13.6. The molecule has 4 nitrogen and oxygen atoms in total. The molecule has 0 fully saturated rings. The Hall–Kier alpha value is -3.61. The van der Waals surface area contributed by atoms with E-state index in [0.717, 1.165) is 12.1 Å². The predicted octanol–water partition coefficient (Wildman–Crippen LogP) is 5.30. The van der Waals surface area contributed by atoms with Crippen LogP contribution in [0.1, 0.15) is 26.3 Å². The first-order chi connectivity index (χ1) is 13.4. The zero-order chi connectivity index (χ0) is 19.9. The number of anilines is 1. The summed E-state index contributed by atoms with van der Waals surface area (Å²) in [4.78, 5) is 26.0. The number of carbonyl (C=O) groups excluding carboxylic acids is 2. The second kappa shape index (κ2) is 6.53. The van der Waals surface area contributed by atoms with Crippen molar-refractivity contribution in [2.45, 2.75) is 6.18 Å². The number of halogens is 3. The van der Waals surface area contributed by atoms with Crippen LogP contribution >= 0.6 is 0 Å². The summed E-state index contributed by atoms with van der Waals surface area (Å²) in [7, 11) is 0. The number of hydrogen-bond acceptors (Lipinski definition) is 3. The van der Waals surface area contributed by atoms with Crippen molar-refractivity contribution in [1.29, 1.82) is 0 Å². The van der Waals surface area contributed by atoms with Crippen molar-refractivity contribution in [1.82, 2.24) is 0 Å². The topological polar surface area (TPSA) is 46.6 Å². The summed E-state index contributed by atoms with van der Waals surface area (Å²) in [5.41, 5.74) is -1.52. The molecule has 0 radical (unpaired) electrons. The van der Waals surface area contributed by atoms with Gasteiger partial charge in [-0.25, -0.2) is 4.90 Å². The van der Waals surface area contributed by atoms with E-state index < -0.39 is 29.2 Å². The molecule has 140 valence electrons. The summed E-state index contributed by atoms with van der Waals surface area (Å²) in [5.74, 6) is -0.797. The van der Waals surface area contributed by atoms with Gasteiger partial charge in [-0.15, -0.1) is 0 Å². The number of rotatable bonds is 3. The highest BCUT2D eigenvalue weighted by Gasteiger charge is 2.42. The van der Waals surface area contributed by atoms with Crippen molar-refractivity contribution in [2.24, 2.45) is 0 Å². The van der Waals surface area contributed by atoms with E-state index in [0.29, 0.717) is 16.4 Å². The van der Waals surface area contributed by atoms with Gasteiger partial charge in [0.25, 0.3) is 11.8 Å². The fourth-order valence-corrected chi connectivity index (χ4v) is 3.04. The van der Waals surface area contributed by atoms with Crippen LogP contribution in [0.15, 0.2) is 72.8 Å². The molecule has 0 unspecified atom stereocenters. The lowest BCUT2D eigenvalue weighted by atomic mass is 10.1. The molecule has 0 aliphatic carbocycles. The summed E-state index contributed by atoms with van der Waals surface area (Å²) in [6.45, 7) is 0. The van der Waals surface area contributed by atoms with E-state index in [-0.39, 0.29) is 11.1 Å². The van der Waals surface area contributed by atoms with Gasteiger partial charge in [-0.3, -0.25) is 9.59 Å². The van der Waals surface area contributed by atoms with E-state index in [1.165, 1.54) is 30.3 Å². The number of nitrogens with zero attached hydrogens (tertiary/aromatic N) is 1. The van der Waals surface area contributed by atoms with Gasteiger partial charge in [0, 0.05) is 0 Å². The van der Waals surface area contributed by atoms with Crippen LogP contribution in [0, 0.1) is 0 Å². The van der Waals surface area contributed by atoms with Crippen LogP contribution in [-0.2, 0) is 6.18 Å². The lowest BCUT2D eigenvalue weighted by Gasteiger charge is -2.19. The Morgan fingerprint density at radius 3 is 2.07 bits per heavy atom. The van der Waals surface area contributed by atoms with Crippen molar-refractivity contribution in [2.75, 3.05) is 4.90 Å². The third-order valence-electron chi connectivity index (χ3n) is 4.29. The minimum atomic E-state index is -4.70. The fraction of sp³-hybridized carbons (Fsp3) is 0.0476. The molecule has 0 bridgehead atoms. The van der Waals surface area contributed by atoms with Gasteiger partial charge in [0.05, 0.1) is 22.4 Å². The third-order valence-corrected chi connectivity index (χ3v) is 4.29. The maximum absolute atomic E-state index is 13.3. The summed E-state index contributed by atoms with van der Waals surface area (Å²) in [6, 6.07) is 17.5. The van der Waals surface area contributed by atoms with Gasteiger partial charge in [0.2, 0.25) is 0 Å². The number of hydrogen-bond donors (Lipinski definition) is 0. The van der Waals surface area contributed by atoms with Gasteiger partial charge in [0.1, 0.15) is 11.5 Å². The molecule has 3 aromatic rings. The van der Waals surface area contributed by atoms with E-state index in [4.69, 9.17) is 4.74 Å². The number of fused-ring (bicyclic) bond motifs is 1. The Balaban J connectivity index is 1.73. The van der Waals surface area contributed by atoms with Gasteiger partial charge >= 0.3 is 6.18 Å². The molecule has 3 aromatic carbocycles. The van der Waals surface area contributed by atoms with Crippen LogP contribution in [0.25, 0.3) is 0 Å². The zero-order valence-corrected chi connectivity index (χ0v) is 14.2. The molecule has 0 saturated heterocycles. The number of benzene rings is 3. The van der Waals surface area contributed by atoms with Crippen molar-refractivity contribution in [3.63, 3.8) is 0 Å². The molecular weight excluding hydrogens is 371 g/mol. The molecule has 1 aliphatic heterocycles. The number of imide groups is 1. The van der Waals surface area contributed by atoms with E-state index >= 15 is 0 Å². The fourth-order valence-electron chi connectivity index (χ4n) is 3.04. The van der Waals surface area contributed by atoms with Gasteiger partial charge in [0.15, 0.2) is 0 Å². The Morgan fingerprint density at radius 1 is 0.714 bits per heavy atom. The Kier molecular flexibility index (Phi) is 4.15. The maximum atomic E-state index is 13.3. The van der Waals surface area contributed by atoms with Gasteiger partial charge < -0.3 is 4.74 Å². The predicted molar refractivity (Wildman–Crippen MR) is 95.5 cm³/mol. The molecule has 4 rings (SSSR count).